The number of carboxylic acid groups (broad SMARTS) is 5. The van der Waals surface area contributed by atoms with E-state index in [2.05, 4.69) is 37.2 Å². The van der Waals surface area contributed by atoms with Crippen LogP contribution in [0.4, 0.5) is 0 Å². The first-order chi connectivity index (χ1) is 42.4. The molecule has 34 heteroatoms. The zero-order valence-electron chi connectivity index (χ0n) is 51.4. The number of aliphatic carboxylic acids is 5. The Morgan fingerprint density at radius 2 is 0.843 bits per heavy atom. The molecule has 0 aromatic rings. The molecule has 0 aliphatic rings. The summed E-state index contributed by atoms with van der Waals surface area (Å²) in [6, 6.07) is -2.98. The number of carbonyl (C=O) groups is 13. The third-order valence-corrected chi connectivity index (χ3v) is 13.4. The largest absolute Gasteiger partial charge is 0.480 e. The molecule has 0 unspecified atom stereocenters. The van der Waals surface area contributed by atoms with E-state index in [9.17, 15) is 87.9 Å². The molecule has 0 aromatic carbocycles. The molecular formula is C55H98N12O22. The van der Waals surface area contributed by atoms with Crippen molar-refractivity contribution in [2.24, 2.45) is 17.4 Å². The number of likely N-dealkylation sites (N-methyl/N-ethyl adjacent to an activating group) is 1. The van der Waals surface area contributed by atoms with Crippen LogP contribution in [0.3, 0.4) is 0 Å². The highest BCUT2D eigenvalue weighted by Crippen LogP contribution is 2.13. The first-order valence-electron chi connectivity index (χ1n) is 29.9. The van der Waals surface area contributed by atoms with E-state index in [0.717, 1.165) is 22.6 Å². The van der Waals surface area contributed by atoms with Gasteiger partial charge in [-0.3, -0.25) is 77.0 Å². The normalized spacial score (nSPS) is 12.6. The lowest BCUT2D eigenvalue weighted by Gasteiger charge is -2.32. The van der Waals surface area contributed by atoms with E-state index in [1.165, 1.54) is 4.90 Å². The second-order valence-corrected chi connectivity index (χ2v) is 20.7. The highest BCUT2D eigenvalue weighted by Gasteiger charge is 2.29. The lowest BCUT2D eigenvalue weighted by molar-refractivity contribution is -0.146. The van der Waals surface area contributed by atoms with E-state index in [1.54, 1.807) is 7.05 Å². The molecule has 0 saturated heterocycles. The standard InChI is InChI=1S/C55H98N12O22/c1-3-39(52(56)81)11-4-7-19-60-46(71)37-88-31-30-87-28-22-62-47(72)38-89-32-29-86-27-21-61-43(68)14-10-15-45(70)64-41(54(83)63-20-9-5-12-40(58-2)53(57)82)13-6-8-18-59-44(69)17-16-42(55(84)85)67(25-23-65(33-48(73)74)34-49(75)76)26-24-66(35-50(77)78)36-51(79)80/h39-42,58H,3-38H2,1-2H3,(H2,56,81)(H2,57,82)(H,59,69)(H,60,71)(H,61,68)(H,62,72)(H,63,83)(H,64,70)(H,73,74)(H,75,76)(H,77,78)(H,79,80)(H,84,85)/t39-,40-,41-,42-/m0/s1. The number of amides is 8. The van der Waals surface area contributed by atoms with Gasteiger partial charge in [0.1, 0.15) is 25.3 Å². The van der Waals surface area contributed by atoms with Crippen LogP contribution in [0, 0.1) is 5.92 Å². The predicted molar refractivity (Wildman–Crippen MR) is 316 cm³/mol. The quantitative estimate of drug-likeness (QED) is 0.0257. The lowest BCUT2D eigenvalue weighted by Crippen LogP contribution is -2.50. The maximum Gasteiger partial charge on any atom is 0.320 e. The molecule has 8 amide bonds. The van der Waals surface area contributed by atoms with Gasteiger partial charge in [0.25, 0.3) is 0 Å². The summed E-state index contributed by atoms with van der Waals surface area (Å²) >= 11 is 0. The summed E-state index contributed by atoms with van der Waals surface area (Å²) in [6.45, 7) is -0.102. The molecule has 0 rings (SSSR count). The van der Waals surface area contributed by atoms with Gasteiger partial charge in [-0.25, -0.2) is 0 Å². The van der Waals surface area contributed by atoms with Crippen LogP contribution in [-0.4, -0.2) is 280 Å². The third kappa shape index (κ3) is 46.6. The minimum absolute atomic E-state index is 0.0105. The molecule has 0 fully saturated rings. The molecule has 0 radical (unpaired) electrons. The van der Waals surface area contributed by atoms with Gasteiger partial charge in [-0.2, -0.15) is 0 Å². The molecule has 0 heterocycles. The molecule has 510 valence electrons. The van der Waals surface area contributed by atoms with Crippen molar-refractivity contribution in [3.63, 3.8) is 0 Å². The summed E-state index contributed by atoms with van der Waals surface area (Å²) in [5.74, 6) is -10.3. The van der Waals surface area contributed by atoms with Crippen molar-refractivity contribution in [2.45, 2.75) is 121 Å². The highest BCUT2D eigenvalue weighted by atomic mass is 16.5. The van der Waals surface area contributed by atoms with Gasteiger partial charge in [0.15, 0.2) is 0 Å². The second-order valence-electron chi connectivity index (χ2n) is 20.7. The van der Waals surface area contributed by atoms with Crippen LogP contribution in [-0.2, 0) is 81.3 Å². The van der Waals surface area contributed by atoms with Crippen LogP contribution in [0.25, 0.3) is 0 Å². The Morgan fingerprint density at radius 3 is 1.29 bits per heavy atom. The number of hydrogen-bond acceptors (Lipinski definition) is 21. The van der Waals surface area contributed by atoms with E-state index in [-0.39, 0.29) is 173 Å². The van der Waals surface area contributed by atoms with Crippen LogP contribution in [0.5, 0.6) is 0 Å². The molecule has 4 atom stereocenters. The molecule has 0 saturated carbocycles. The number of carbonyl (C=O) groups excluding carboxylic acids is 8. The summed E-state index contributed by atoms with van der Waals surface area (Å²) < 4.78 is 21.4. The molecule has 0 spiro atoms. The van der Waals surface area contributed by atoms with Crippen molar-refractivity contribution in [3.05, 3.63) is 0 Å². The van der Waals surface area contributed by atoms with Crippen LogP contribution < -0.4 is 48.7 Å². The SMILES string of the molecule is CC[C@@H](CCCCNC(=O)COCCOCCNC(=O)COCCOCCNC(=O)CCCC(=O)N[C@@H](CCCCNC(=O)CC[C@@H](C(=O)O)N(CCN(CC(=O)O)CC(=O)O)CCN(CC(=O)O)CC(=O)O)C(=O)NCCCC[C@H](NC)C(N)=O)C(N)=O. The fraction of sp³-hybridized carbons (Fsp3) is 0.764. The Hall–Kier alpha value is -7.21. The Kier molecular flexibility index (Phi) is 47.5. The van der Waals surface area contributed by atoms with Gasteiger partial charge < -0.3 is 93.2 Å². The maximum atomic E-state index is 13.3. The van der Waals surface area contributed by atoms with Gasteiger partial charge in [-0.1, -0.05) is 13.3 Å². The Labute approximate surface area is 518 Å². The van der Waals surface area contributed by atoms with Gasteiger partial charge >= 0.3 is 29.8 Å². The van der Waals surface area contributed by atoms with Gasteiger partial charge in [0.05, 0.1) is 71.9 Å². The first kappa shape index (κ1) is 81.8. The smallest absolute Gasteiger partial charge is 0.320 e. The second kappa shape index (κ2) is 51.7. The van der Waals surface area contributed by atoms with E-state index in [4.69, 9.17) is 30.4 Å². The Bertz CT molecular complexity index is 2090. The van der Waals surface area contributed by atoms with Crippen LogP contribution in [0.2, 0.25) is 0 Å². The van der Waals surface area contributed by atoms with Crippen molar-refractivity contribution >= 4 is 77.1 Å². The van der Waals surface area contributed by atoms with Crippen molar-refractivity contribution in [3.8, 4) is 0 Å². The summed E-state index contributed by atoms with van der Waals surface area (Å²) in [5, 5.41) is 66.4. The topological polar surface area (TPSA) is 506 Å². The fourth-order valence-electron chi connectivity index (χ4n) is 8.63. The maximum absolute atomic E-state index is 13.3. The summed E-state index contributed by atoms with van der Waals surface area (Å²) in [7, 11) is 1.60. The van der Waals surface area contributed by atoms with Crippen molar-refractivity contribution in [2.75, 3.05) is 145 Å². The predicted octanol–water partition coefficient (Wildman–Crippen LogP) is -4.14. The van der Waals surface area contributed by atoms with Gasteiger partial charge in [-0.15, -0.1) is 0 Å². The van der Waals surface area contributed by atoms with E-state index in [0.29, 0.717) is 51.5 Å². The monoisotopic (exact) mass is 1280 g/mol. The molecule has 34 nitrogen and oxygen atoms in total. The van der Waals surface area contributed by atoms with Crippen LogP contribution in [0.15, 0.2) is 0 Å². The average molecular weight is 1280 g/mol. The van der Waals surface area contributed by atoms with Crippen molar-refractivity contribution in [1.29, 1.82) is 0 Å². The van der Waals surface area contributed by atoms with Crippen molar-refractivity contribution in [1.82, 2.24) is 51.9 Å². The van der Waals surface area contributed by atoms with E-state index < -0.39 is 97.8 Å². The van der Waals surface area contributed by atoms with Crippen LogP contribution in [0.1, 0.15) is 103 Å². The minimum atomic E-state index is -1.43. The molecule has 0 aromatic heterocycles. The molecule has 0 bridgehead atoms. The number of nitrogens with zero attached hydrogens (tertiary/aromatic N) is 3. The number of primary amides is 2. The fourth-order valence-corrected chi connectivity index (χ4v) is 8.63. The van der Waals surface area contributed by atoms with Gasteiger partial charge in [0.2, 0.25) is 47.3 Å². The summed E-state index contributed by atoms with van der Waals surface area (Å²) in [6.07, 6.45) is 4.49. The zero-order valence-corrected chi connectivity index (χ0v) is 51.4. The summed E-state index contributed by atoms with van der Waals surface area (Å²) in [5.41, 5.74) is 10.7. The average Bonchev–Trinajstić information content (AvgIpc) is 3.52. The molecule has 0 aliphatic heterocycles. The van der Waals surface area contributed by atoms with Gasteiger partial charge in [0, 0.05) is 84.1 Å². The molecule has 89 heavy (non-hydrogen) atoms. The number of unbranched alkanes of at least 4 members (excludes halogenated alkanes) is 3. The highest BCUT2D eigenvalue weighted by molar-refractivity contribution is 5.88. The number of nitrogens with one attached hydrogen (secondary N) is 7. The number of rotatable bonds is 60. The summed E-state index contributed by atoms with van der Waals surface area (Å²) in [4.78, 5) is 160. The molecular weight excluding hydrogens is 1180 g/mol. The number of ether oxygens (including phenoxy) is 4. The third-order valence-electron chi connectivity index (χ3n) is 13.4. The van der Waals surface area contributed by atoms with E-state index >= 15 is 0 Å². The van der Waals surface area contributed by atoms with Gasteiger partial charge in [-0.05, 0) is 77.7 Å². The molecule has 16 N–H and O–H groups in total. The minimum Gasteiger partial charge on any atom is -0.480 e. The zero-order chi connectivity index (χ0) is 66.8. The number of carboxylic acids is 5. The van der Waals surface area contributed by atoms with Crippen molar-refractivity contribution < 1.29 is 107 Å². The first-order valence-corrected chi connectivity index (χ1v) is 29.9. The molecule has 0 aliphatic carbocycles. The van der Waals surface area contributed by atoms with Crippen LogP contribution >= 0.6 is 0 Å². The Balaban J connectivity index is 4.96. The number of nitrogens with two attached hydrogens (primary N) is 2. The van der Waals surface area contributed by atoms with E-state index in [1.807, 2.05) is 6.92 Å². The lowest BCUT2D eigenvalue weighted by atomic mass is 9.99. The number of hydrogen-bond donors (Lipinski definition) is 14. The Morgan fingerprint density at radius 1 is 0.427 bits per heavy atom.